The number of rotatable bonds is 6. The zero-order valence-corrected chi connectivity index (χ0v) is 15.7. The summed E-state index contributed by atoms with van der Waals surface area (Å²) in [6.45, 7) is 3.98. The number of para-hydroxylation sites is 1. The predicted molar refractivity (Wildman–Crippen MR) is 100.0 cm³/mol. The Morgan fingerprint density at radius 1 is 1.20 bits per heavy atom. The van der Waals surface area contributed by atoms with Crippen molar-refractivity contribution < 1.29 is 14.0 Å². The van der Waals surface area contributed by atoms with Crippen molar-refractivity contribution in [3.63, 3.8) is 0 Å². The average Bonchev–Trinajstić information content (AvgIpc) is 2.61. The lowest BCUT2D eigenvalue weighted by molar-refractivity contribution is -0.120. The van der Waals surface area contributed by atoms with Crippen molar-refractivity contribution in [1.29, 1.82) is 0 Å². The molecule has 0 heterocycles. The van der Waals surface area contributed by atoms with Gasteiger partial charge in [-0.05, 0) is 59.6 Å². The largest absolute Gasteiger partial charge is 0.327 e. The highest BCUT2D eigenvalue weighted by molar-refractivity contribution is 9.10. The Labute approximate surface area is 155 Å². The summed E-state index contributed by atoms with van der Waals surface area (Å²) in [6, 6.07) is 12.3. The number of anilines is 1. The Hall–Kier alpha value is -2.21. The van der Waals surface area contributed by atoms with Crippen LogP contribution < -0.4 is 5.32 Å². The number of amides is 2. The van der Waals surface area contributed by atoms with Gasteiger partial charge in [0.2, 0.25) is 5.91 Å². The standard InChI is InChI=1S/C19H20BrFN2O2/c1-3-11-23(19(25)16-12-14(21)9-10-17(16)20)13(2)18(24)22-15-7-5-4-6-8-15/h4-10,12-13H,3,11H2,1-2H3,(H,22,24). The molecular weight excluding hydrogens is 387 g/mol. The maximum Gasteiger partial charge on any atom is 0.255 e. The van der Waals surface area contributed by atoms with Gasteiger partial charge in [-0.15, -0.1) is 0 Å². The van der Waals surface area contributed by atoms with Crippen LogP contribution in [-0.4, -0.2) is 29.3 Å². The molecule has 4 nitrogen and oxygen atoms in total. The fourth-order valence-electron chi connectivity index (χ4n) is 2.44. The van der Waals surface area contributed by atoms with Gasteiger partial charge in [0.25, 0.3) is 5.91 Å². The van der Waals surface area contributed by atoms with Crippen LogP contribution in [0.15, 0.2) is 53.0 Å². The SMILES string of the molecule is CCCN(C(=O)c1cc(F)ccc1Br)C(C)C(=O)Nc1ccccc1. The smallest absolute Gasteiger partial charge is 0.255 e. The molecule has 1 atom stereocenters. The van der Waals surface area contributed by atoms with E-state index in [2.05, 4.69) is 21.2 Å². The third-order valence-corrected chi connectivity index (χ3v) is 4.46. The summed E-state index contributed by atoms with van der Waals surface area (Å²) in [4.78, 5) is 26.8. The zero-order valence-electron chi connectivity index (χ0n) is 14.1. The van der Waals surface area contributed by atoms with Crippen LogP contribution in [0, 0.1) is 5.82 Å². The molecule has 6 heteroatoms. The molecule has 0 aliphatic carbocycles. The van der Waals surface area contributed by atoms with Crippen LogP contribution in [0.25, 0.3) is 0 Å². The van der Waals surface area contributed by atoms with Gasteiger partial charge in [0.05, 0.1) is 5.56 Å². The Kier molecular flexibility index (Phi) is 6.70. The fraction of sp³-hybridized carbons (Fsp3) is 0.263. The molecule has 2 aromatic carbocycles. The molecule has 0 saturated heterocycles. The minimum Gasteiger partial charge on any atom is -0.327 e. The lowest BCUT2D eigenvalue weighted by atomic mass is 10.1. The van der Waals surface area contributed by atoms with E-state index >= 15 is 0 Å². The molecule has 0 aliphatic rings. The number of hydrogen-bond acceptors (Lipinski definition) is 2. The van der Waals surface area contributed by atoms with Gasteiger partial charge in [-0.1, -0.05) is 25.1 Å². The van der Waals surface area contributed by atoms with Gasteiger partial charge in [0.15, 0.2) is 0 Å². The van der Waals surface area contributed by atoms with Crippen LogP contribution in [0.5, 0.6) is 0 Å². The summed E-state index contributed by atoms with van der Waals surface area (Å²) in [6.07, 6.45) is 0.682. The molecule has 2 aromatic rings. The van der Waals surface area contributed by atoms with Crippen molar-refractivity contribution in [1.82, 2.24) is 4.90 Å². The van der Waals surface area contributed by atoms with Crippen molar-refractivity contribution >= 4 is 33.4 Å². The van der Waals surface area contributed by atoms with E-state index in [9.17, 15) is 14.0 Å². The molecule has 25 heavy (non-hydrogen) atoms. The average molecular weight is 407 g/mol. The number of benzene rings is 2. The third-order valence-electron chi connectivity index (χ3n) is 3.77. The second-order valence-electron chi connectivity index (χ2n) is 5.65. The Balaban J connectivity index is 2.22. The number of carbonyl (C=O) groups is 2. The molecule has 0 spiro atoms. The molecular formula is C19H20BrFN2O2. The highest BCUT2D eigenvalue weighted by atomic mass is 79.9. The highest BCUT2D eigenvalue weighted by Gasteiger charge is 2.27. The van der Waals surface area contributed by atoms with Crippen LogP contribution in [0.2, 0.25) is 0 Å². The van der Waals surface area contributed by atoms with Gasteiger partial charge in [0, 0.05) is 16.7 Å². The number of hydrogen-bond donors (Lipinski definition) is 1. The van der Waals surface area contributed by atoms with E-state index in [1.165, 1.54) is 23.1 Å². The second-order valence-corrected chi connectivity index (χ2v) is 6.51. The number of nitrogens with one attached hydrogen (secondary N) is 1. The molecule has 2 rings (SSSR count). The number of nitrogens with zero attached hydrogens (tertiary/aromatic N) is 1. The van der Waals surface area contributed by atoms with Gasteiger partial charge in [-0.2, -0.15) is 0 Å². The van der Waals surface area contributed by atoms with Crippen molar-refractivity contribution in [2.45, 2.75) is 26.3 Å². The predicted octanol–water partition coefficient (Wildman–Crippen LogP) is 4.47. The Bertz CT molecular complexity index is 752. The van der Waals surface area contributed by atoms with Crippen LogP contribution in [0.1, 0.15) is 30.6 Å². The molecule has 132 valence electrons. The van der Waals surface area contributed by atoms with Gasteiger partial charge < -0.3 is 10.2 Å². The molecule has 0 radical (unpaired) electrons. The molecule has 0 saturated carbocycles. The quantitative estimate of drug-likeness (QED) is 0.769. The summed E-state index contributed by atoms with van der Waals surface area (Å²) in [5, 5.41) is 2.79. The molecule has 0 fully saturated rings. The Morgan fingerprint density at radius 3 is 2.52 bits per heavy atom. The number of carbonyl (C=O) groups excluding carboxylic acids is 2. The van der Waals surface area contributed by atoms with Crippen LogP contribution in [0.3, 0.4) is 0 Å². The molecule has 0 aliphatic heterocycles. The number of halogens is 2. The van der Waals surface area contributed by atoms with Crippen molar-refractivity contribution in [2.24, 2.45) is 0 Å². The summed E-state index contributed by atoms with van der Waals surface area (Å²) < 4.78 is 14.0. The first kappa shape index (κ1) is 19.1. The fourth-order valence-corrected chi connectivity index (χ4v) is 2.85. The van der Waals surface area contributed by atoms with E-state index in [4.69, 9.17) is 0 Å². The van der Waals surface area contributed by atoms with Gasteiger partial charge in [-0.25, -0.2) is 4.39 Å². The van der Waals surface area contributed by atoms with E-state index in [1.54, 1.807) is 19.1 Å². The second kappa shape index (κ2) is 8.76. The van der Waals surface area contributed by atoms with E-state index in [0.29, 0.717) is 23.1 Å². The Morgan fingerprint density at radius 2 is 1.88 bits per heavy atom. The summed E-state index contributed by atoms with van der Waals surface area (Å²) in [5.74, 6) is -1.17. The topological polar surface area (TPSA) is 49.4 Å². The third kappa shape index (κ3) is 4.89. The van der Waals surface area contributed by atoms with Gasteiger partial charge >= 0.3 is 0 Å². The monoisotopic (exact) mass is 406 g/mol. The van der Waals surface area contributed by atoms with E-state index in [-0.39, 0.29) is 17.4 Å². The van der Waals surface area contributed by atoms with Crippen molar-refractivity contribution in [3.05, 3.63) is 64.4 Å². The minimum absolute atomic E-state index is 0.202. The van der Waals surface area contributed by atoms with Crippen LogP contribution in [-0.2, 0) is 4.79 Å². The molecule has 2 amide bonds. The molecule has 1 N–H and O–H groups in total. The highest BCUT2D eigenvalue weighted by Crippen LogP contribution is 2.21. The van der Waals surface area contributed by atoms with Crippen LogP contribution >= 0.6 is 15.9 Å². The normalized spacial score (nSPS) is 11.7. The van der Waals surface area contributed by atoms with E-state index in [1.807, 2.05) is 25.1 Å². The lowest BCUT2D eigenvalue weighted by Gasteiger charge is -2.28. The first-order chi connectivity index (χ1) is 11.9. The first-order valence-electron chi connectivity index (χ1n) is 8.06. The zero-order chi connectivity index (χ0) is 18.4. The lowest BCUT2D eigenvalue weighted by Crippen LogP contribution is -2.46. The first-order valence-corrected chi connectivity index (χ1v) is 8.85. The summed E-state index contributed by atoms with van der Waals surface area (Å²) in [7, 11) is 0. The maximum absolute atomic E-state index is 13.5. The van der Waals surface area contributed by atoms with Crippen LogP contribution in [0.4, 0.5) is 10.1 Å². The van der Waals surface area contributed by atoms with Crippen molar-refractivity contribution in [3.8, 4) is 0 Å². The van der Waals surface area contributed by atoms with Gasteiger partial charge in [0.1, 0.15) is 11.9 Å². The molecule has 0 aromatic heterocycles. The minimum atomic E-state index is -0.692. The molecule has 1 unspecified atom stereocenters. The summed E-state index contributed by atoms with van der Waals surface area (Å²) >= 11 is 3.28. The molecule has 0 bridgehead atoms. The summed E-state index contributed by atoms with van der Waals surface area (Å²) in [5.41, 5.74) is 0.864. The maximum atomic E-state index is 13.5. The van der Waals surface area contributed by atoms with E-state index in [0.717, 1.165) is 0 Å². The van der Waals surface area contributed by atoms with Crippen molar-refractivity contribution in [2.75, 3.05) is 11.9 Å². The van der Waals surface area contributed by atoms with Gasteiger partial charge in [-0.3, -0.25) is 9.59 Å². The van der Waals surface area contributed by atoms with E-state index < -0.39 is 11.9 Å².